The van der Waals surface area contributed by atoms with E-state index in [1.807, 2.05) is 0 Å². The molecule has 1 unspecified atom stereocenters. The molecule has 0 bridgehead atoms. The van der Waals surface area contributed by atoms with Crippen molar-refractivity contribution in [2.24, 2.45) is 0 Å². The minimum Gasteiger partial charge on any atom is -0.465 e. The zero-order valence-corrected chi connectivity index (χ0v) is 16.5. The summed E-state index contributed by atoms with van der Waals surface area (Å²) in [5, 5.41) is 2.69. The Labute approximate surface area is 163 Å². The van der Waals surface area contributed by atoms with E-state index in [2.05, 4.69) is 10.1 Å². The van der Waals surface area contributed by atoms with E-state index in [0.717, 1.165) is 10.6 Å². The highest BCUT2D eigenvalue weighted by molar-refractivity contribution is 7.92. The van der Waals surface area contributed by atoms with Crippen LogP contribution in [0.4, 0.5) is 10.1 Å². The van der Waals surface area contributed by atoms with Gasteiger partial charge >= 0.3 is 5.97 Å². The molecule has 0 aliphatic carbocycles. The number of carbonyl (C=O) groups is 2. The average molecular weight is 408 g/mol. The predicted octanol–water partition coefficient (Wildman–Crippen LogP) is 2.26. The van der Waals surface area contributed by atoms with Crippen molar-refractivity contribution in [3.63, 3.8) is 0 Å². The zero-order valence-electron chi connectivity index (χ0n) is 15.7. The second-order valence-corrected chi connectivity index (χ2v) is 8.06. The molecule has 0 fully saturated rings. The number of halogens is 1. The average Bonchev–Trinajstić information content (AvgIpc) is 2.65. The Morgan fingerprint density at radius 1 is 1.11 bits per heavy atom. The van der Waals surface area contributed by atoms with E-state index in [0.29, 0.717) is 5.56 Å². The van der Waals surface area contributed by atoms with E-state index in [1.54, 1.807) is 19.1 Å². The number of esters is 1. The van der Waals surface area contributed by atoms with Crippen molar-refractivity contribution < 1.29 is 27.1 Å². The molecule has 0 aromatic heterocycles. The molecular formula is C19H21FN2O5S. The van der Waals surface area contributed by atoms with Crippen molar-refractivity contribution in [2.75, 3.05) is 24.2 Å². The van der Waals surface area contributed by atoms with Crippen LogP contribution < -0.4 is 9.62 Å². The van der Waals surface area contributed by atoms with E-state index in [1.165, 1.54) is 43.5 Å². The fourth-order valence-corrected chi connectivity index (χ4v) is 3.39. The maximum atomic E-state index is 13.0. The number of nitrogens with one attached hydrogen (secondary N) is 1. The summed E-state index contributed by atoms with van der Waals surface area (Å²) in [6.45, 7) is 1.27. The van der Waals surface area contributed by atoms with Crippen molar-refractivity contribution in [3.8, 4) is 0 Å². The fraction of sp³-hybridized carbons (Fsp3) is 0.263. The van der Waals surface area contributed by atoms with Crippen LogP contribution in [0.15, 0.2) is 48.5 Å². The molecule has 0 saturated heterocycles. The van der Waals surface area contributed by atoms with Crippen LogP contribution in [0.2, 0.25) is 0 Å². The van der Waals surface area contributed by atoms with Gasteiger partial charge in [-0.15, -0.1) is 0 Å². The molecule has 2 aromatic rings. The predicted molar refractivity (Wildman–Crippen MR) is 103 cm³/mol. The lowest BCUT2D eigenvalue weighted by molar-refractivity contribution is -0.120. The summed E-state index contributed by atoms with van der Waals surface area (Å²) in [4.78, 5) is 23.9. The van der Waals surface area contributed by atoms with Crippen LogP contribution in [0.5, 0.6) is 0 Å². The van der Waals surface area contributed by atoms with Gasteiger partial charge in [-0.2, -0.15) is 0 Å². The number of carbonyl (C=O) groups excluding carboxylic acids is 2. The van der Waals surface area contributed by atoms with Gasteiger partial charge in [0.2, 0.25) is 15.9 Å². The summed E-state index contributed by atoms with van der Waals surface area (Å²) >= 11 is 0. The number of hydrogen-bond donors (Lipinski definition) is 1. The van der Waals surface area contributed by atoms with Crippen LogP contribution in [-0.2, 0) is 19.6 Å². The number of amides is 1. The number of anilines is 1. The minimum absolute atomic E-state index is 0.236. The topological polar surface area (TPSA) is 92.8 Å². The van der Waals surface area contributed by atoms with Gasteiger partial charge in [0.05, 0.1) is 30.7 Å². The summed E-state index contributed by atoms with van der Waals surface area (Å²) in [6, 6.07) is 10.9. The van der Waals surface area contributed by atoms with E-state index in [9.17, 15) is 22.4 Å². The van der Waals surface area contributed by atoms with Crippen molar-refractivity contribution in [3.05, 3.63) is 65.5 Å². The van der Waals surface area contributed by atoms with Gasteiger partial charge in [-0.25, -0.2) is 17.6 Å². The Morgan fingerprint density at radius 2 is 1.68 bits per heavy atom. The summed E-state index contributed by atoms with van der Waals surface area (Å²) < 4.78 is 42.8. The van der Waals surface area contributed by atoms with E-state index in [-0.39, 0.29) is 17.1 Å². The Kier molecular flexibility index (Phi) is 6.74. The van der Waals surface area contributed by atoms with Crippen LogP contribution >= 0.6 is 0 Å². The zero-order chi connectivity index (χ0) is 20.9. The van der Waals surface area contributed by atoms with Gasteiger partial charge in [0, 0.05) is 0 Å². The van der Waals surface area contributed by atoms with Crippen molar-refractivity contribution >= 4 is 27.6 Å². The first-order chi connectivity index (χ1) is 13.1. The molecule has 7 nitrogen and oxygen atoms in total. The van der Waals surface area contributed by atoms with E-state index < -0.39 is 34.5 Å². The van der Waals surface area contributed by atoms with Gasteiger partial charge in [-0.05, 0) is 48.9 Å². The van der Waals surface area contributed by atoms with Gasteiger partial charge in [-0.1, -0.05) is 12.1 Å². The monoisotopic (exact) mass is 408 g/mol. The second-order valence-electron chi connectivity index (χ2n) is 6.15. The first-order valence-electron chi connectivity index (χ1n) is 8.32. The molecule has 1 atom stereocenters. The lowest BCUT2D eigenvalue weighted by Gasteiger charge is -2.23. The van der Waals surface area contributed by atoms with Gasteiger partial charge < -0.3 is 10.1 Å². The number of hydrogen-bond acceptors (Lipinski definition) is 5. The summed E-state index contributed by atoms with van der Waals surface area (Å²) in [5.41, 5.74) is 1.18. The highest BCUT2D eigenvalue weighted by atomic mass is 32.2. The number of ether oxygens (including phenoxy) is 1. The molecule has 1 amide bonds. The number of nitrogens with zero attached hydrogens (tertiary/aromatic N) is 1. The normalized spacial score (nSPS) is 12.1. The lowest BCUT2D eigenvalue weighted by atomic mass is 10.1. The molecule has 9 heteroatoms. The summed E-state index contributed by atoms with van der Waals surface area (Å²) in [7, 11) is -2.51. The second kappa shape index (κ2) is 8.83. The van der Waals surface area contributed by atoms with Crippen molar-refractivity contribution in [1.29, 1.82) is 0 Å². The van der Waals surface area contributed by atoms with Gasteiger partial charge in [0.25, 0.3) is 0 Å². The molecule has 0 heterocycles. The molecule has 1 N–H and O–H groups in total. The summed E-state index contributed by atoms with van der Waals surface area (Å²) in [6.07, 6.45) is 0.984. The highest BCUT2D eigenvalue weighted by Crippen LogP contribution is 2.19. The third-order valence-corrected chi connectivity index (χ3v) is 5.15. The van der Waals surface area contributed by atoms with E-state index >= 15 is 0 Å². The molecule has 0 spiro atoms. The highest BCUT2D eigenvalue weighted by Gasteiger charge is 2.22. The number of sulfonamides is 1. The Morgan fingerprint density at radius 3 is 2.18 bits per heavy atom. The van der Waals surface area contributed by atoms with Gasteiger partial charge in [0.1, 0.15) is 12.4 Å². The van der Waals surface area contributed by atoms with Gasteiger partial charge in [-0.3, -0.25) is 9.10 Å². The fourth-order valence-electron chi connectivity index (χ4n) is 2.53. The van der Waals surface area contributed by atoms with Crippen LogP contribution in [0.3, 0.4) is 0 Å². The molecule has 28 heavy (non-hydrogen) atoms. The number of benzene rings is 2. The Balaban J connectivity index is 2.14. The first-order valence-corrected chi connectivity index (χ1v) is 10.2. The third-order valence-electron chi connectivity index (χ3n) is 4.01. The molecule has 0 aliphatic heterocycles. The largest absolute Gasteiger partial charge is 0.465 e. The third kappa shape index (κ3) is 5.53. The Hall–Kier alpha value is -2.94. The maximum absolute atomic E-state index is 13.0. The molecule has 2 rings (SSSR count). The molecular weight excluding hydrogens is 387 g/mol. The quantitative estimate of drug-likeness (QED) is 0.710. The van der Waals surface area contributed by atoms with Crippen molar-refractivity contribution in [2.45, 2.75) is 13.0 Å². The molecule has 0 aliphatic rings. The molecule has 0 saturated carbocycles. The maximum Gasteiger partial charge on any atom is 0.337 e. The molecule has 2 aromatic carbocycles. The van der Waals surface area contributed by atoms with Crippen molar-refractivity contribution in [1.82, 2.24) is 5.32 Å². The smallest absolute Gasteiger partial charge is 0.337 e. The summed E-state index contributed by atoms with van der Waals surface area (Å²) in [5.74, 6) is -1.47. The minimum atomic E-state index is -3.75. The van der Waals surface area contributed by atoms with Gasteiger partial charge in [0.15, 0.2) is 0 Å². The van der Waals surface area contributed by atoms with Crippen LogP contribution in [0.1, 0.15) is 28.9 Å². The standard InChI is InChI=1S/C19H21FN2O5S/c1-13(14-4-8-16(20)9-5-14)21-18(23)12-22(28(3,25)26)17-10-6-15(7-11-17)19(24)27-2/h4-11,13H,12H2,1-3H3,(H,21,23). The van der Waals surface area contributed by atoms with E-state index in [4.69, 9.17) is 0 Å². The number of methoxy groups -OCH3 is 1. The lowest BCUT2D eigenvalue weighted by Crippen LogP contribution is -2.41. The first kappa shape index (κ1) is 21.4. The number of rotatable bonds is 7. The molecule has 0 radical (unpaired) electrons. The SMILES string of the molecule is COC(=O)c1ccc(N(CC(=O)NC(C)c2ccc(F)cc2)S(C)(=O)=O)cc1. The Bertz CT molecular complexity index is 943. The van der Waals surface area contributed by atoms with Crippen LogP contribution in [-0.4, -0.2) is 40.2 Å². The van der Waals surface area contributed by atoms with Crippen LogP contribution in [0.25, 0.3) is 0 Å². The molecule has 150 valence electrons. The van der Waals surface area contributed by atoms with Crippen LogP contribution in [0, 0.1) is 5.82 Å².